The summed E-state index contributed by atoms with van der Waals surface area (Å²) in [5.74, 6) is 2.68. The van der Waals surface area contributed by atoms with Crippen LogP contribution < -0.4 is 5.32 Å². The van der Waals surface area contributed by atoms with Crippen LogP contribution in [0.2, 0.25) is 5.02 Å². The largest absolute Gasteiger partial charge is 0.468 e. The van der Waals surface area contributed by atoms with E-state index in [4.69, 9.17) is 16.3 Å². The number of carbonyl (C=O) groups excluding carboxylic acids is 1. The highest BCUT2D eigenvalue weighted by Gasteiger charge is 2.51. The van der Waals surface area contributed by atoms with Crippen molar-refractivity contribution in [3.8, 4) is 0 Å². The van der Waals surface area contributed by atoms with Gasteiger partial charge in [0, 0.05) is 12.2 Å². The van der Waals surface area contributed by atoms with Crippen molar-refractivity contribution in [1.82, 2.24) is 4.90 Å². The summed E-state index contributed by atoms with van der Waals surface area (Å²) >= 11 is 6.81. The Morgan fingerprint density at radius 3 is 2.35 bits per heavy atom. The number of nitrogens with one attached hydrogen (secondary N) is 1. The summed E-state index contributed by atoms with van der Waals surface area (Å²) in [5.41, 5.74) is 5.02. The fourth-order valence-corrected chi connectivity index (χ4v) is 8.14. The average Bonchev–Trinajstić information content (AvgIpc) is 3.28. The second-order valence-corrected chi connectivity index (χ2v) is 11.8. The number of methoxy groups -OCH3 is 1. The Balaban J connectivity index is 1.13. The van der Waals surface area contributed by atoms with Gasteiger partial charge in [0.25, 0.3) is 0 Å². The normalized spacial score (nSPS) is 32.2. The summed E-state index contributed by atoms with van der Waals surface area (Å²) in [7, 11) is 1.47. The fourth-order valence-electron chi connectivity index (χ4n) is 7.91. The summed E-state index contributed by atoms with van der Waals surface area (Å²) in [4.78, 5) is 14.2. The van der Waals surface area contributed by atoms with E-state index in [2.05, 4.69) is 52.7 Å². The van der Waals surface area contributed by atoms with Crippen LogP contribution in [0.1, 0.15) is 62.5 Å². The molecule has 180 valence electrons. The highest BCUT2D eigenvalue weighted by molar-refractivity contribution is 6.33. The van der Waals surface area contributed by atoms with E-state index in [1.165, 1.54) is 56.8 Å². The van der Waals surface area contributed by atoms with E-state index in [9.17, 15) is 4.79 Å². The van der Waals surface area contributed by atoms with Crippen LogP contribution in [0.4, 0.5) is 11.4 Å². The second kappa shape index (κ2) is 8.87. The zero-order chi connectivity index (χ0) is 23.3. The molecule has 4 nitrogen and oxygen atoms in total. The third-order valence-corrected chi connectivity index (χ3v) is 9.39. The molecule has 1 aliphatic heterocycles. The standard InChI is InChI=1S/C29H35ClN2O2/c1-34-28(33)27-3-2-10-32(27)18-19-4-7-24(8-5-19)31-26-9-6-23(14-25(26)30)29-15-20-11-21(16-29)13-22(12-20)17-29/h4-9,14,20-22,27,31H,2-3,10-13,15-18H2,1H3. The maximum Gasteiger partial charge on any atom is 0.323 e. The van der Waals surface area contributed by atoms with E-state index in [0.717, 1.165) is 60.1 Å². The van der Waals surface area contributed by atoms with E-state index in [-0.39, 0.29) is 12.0 Å². The van der Waals surface area contributed by atoms with Crippen LogP contribution in [0.3, 0.4) is 0 Å². The van der Waals surface area contributed by atoms with Crippen molar-refractivity contribution in [2.75, 3.05) is 19.0 Å². The van der Waals surface area contributed by atoms with Gasteiger partial charge in [-0.1, -0.05) is 29.8 Å². The first-order valence-electron chi connectivity index (χ1n) is 13.0. The molecule has 1 N–H and O–H groups in total. The number of halogens is 1. The van der Waals surface area contributed by atoms with E-state index in [1.807, 2.05) is 0 Å². The predicted molar refractivity (Wildman–Crippen MR) is 136 cm³/mol. The molecule has 1 atom stereocenters. The van der Waals surface area contributed by atoms with E-state index < -0.39 is 0 Å². The van der Waals surface area contributed by atoms with Crippen LogP contribution >= 0.6 is 11.6 Å². The molecule has 1 saturated heterocycles. The number of rotatable bonds is 6. The van der Waals surface area contributed by atoms with Gasteiger partial charge >= 0.3 is 5.97 Å². The van der Waals surface area contributed by atoms with Gasteiger partial charge in [-0.25, -0.2) is 0 Å². The summed E-state index contributed by atoms with van der Waals surface area (Å²) < 4.78 is 4.97. The molecular weight excluding hydrogens is 444 g/mol. The lowest BCUT2D eigenvalue weighted by Crippen LogP contribution is -2.48. The van der Waals surface area contributed by atoms with Crippen LogP contribution in [0.15, 0.2) is 42.5 Å². The first-order chi connectivity index (χ1) is 16.5. The molecular formula is C29H35ClN2O2. The fraction of sp³-hybridized carbons (Fsp3) is 0.552. The maximum absolute atomic E-state index is 12.0. The van der Waals surface area contributed by atoms with E-state index in [0.29, 0.717) is 5.41 Å². The lowest BCUT2D eigenvalue weighted by atomic mass is 9.48. The molecule has 5 aliphatic rings. The minimum absolute atomic E-state index is 0.117. The second-order valence-electron chi connectivity index (χ2n) is 11.4. The topological polar surface area (TPSA) is 41.6 Å². The summed E-state index contributed by atoms with van der Waals surface area (Å²) in [6.45, 7) is 1.70. The molecule has 2 aromatic rings. The van der Waals surface area contributed by atoms with Crippen molar-refractivity contribution in [2.45, 2.75) is 69.4 Å². The molecule has 34 heavy (non-hydrogen) atoms. The van der Waals surface area contributed by atoms with Crippen molar-refractivity contribution in [3.05, 3.63) is 58.6 Å². The monoisotopic (exact) mass is 478 g/mol. The van der Waals surface area contributed by atoms with Crippen LogP contribution in [-0.4, -0.2) is 30.6 Å². The molecule has 4 bridgehead atoms. The zero-order valence-corrected chi connectivity index (χ0v) is 20.8. The summed E-state index contributed by atoms with van der Waals surface area (Å²) in [6.07, 6.45) is 10.4. The van der Waals surface area contributed by atoms with Gasteiger partial charge in [0.05, 0.1) is 17.8 Å². The molecule has 0 aromatic heterocycles. The Hall–Kier alpha value is -2.04. The average molecular weight is 479 g/mol. The van der Waals surface area contributed by atoms with Crippen molar-refractivity contribution < 1.29 is 9.53 Å². The molecule has 1 heterocycles. The van der Waals surface area contributed by atoms with Crippen LogP contribution in [0.5, 0.6) is 0 Å². The van der Waals surface area contributed by atoms with E-state index in [1.54, 1.807) is 0 Å². The minimum Gasteiger partial charge on any atom is -0.468 e. The van der Waals surface area contributed by atoms with Crippen molar-refractivity contribution >= 4 is 28.9 Å². The number of esters is 1. The highest BCUT2D eigenvalue weighted by Crippen LogP contribution is 2.61. The van der Waals surface area contributed by atoms with Gasteiger partial charge in [-0.05, 0) is 116 Å². The number of nitrogens with zero attached hydrogens (tertiary/aromatic N) is 1. The van der Waals surface area contributed by atoms with Crippen molar-refractivity contribution in [2.24, 2.45) is 17.8 Å². The number of benzene rings is 2. The third kappa shape index (κ3) is 4.13. The molecule has 5 fully saturated rings. The van der Waals surface area contributed by atoms with Gasteiger partial charge in [0.1, 0.15) is 6.04 Å². The maximum atomic E-state index is 12.0. The molecule has 0 radical (unpaired) electrons. The number of ether oxygens (including phenoxy) is 1. The molecule has 4 aliphatic carbocycles. The predicted octanol–water partition coefficient (Wildman–Crippen LogP) is 6.69. The van der Waals surface area contributed by atoms with E-state index >= 15 is 0 Å². The van der Waals surface area contributed by atoms with Crippen LogP contribution in [0.25, 0.3) is 0 Å². The Morgan fingerprint density at radius 2 is 1.74 bits per heavy atom. The Labute approximate surface area is 208 Å². The number of carbonyl (C=O) groups is 1. The van der Waals surface area contributed by atoms with Gasteiger partial charge < -0.3 is 10.1 Å². The smallest absolute Gasteiger partial charge is 0.323 e. The van der Waals surface area contributed by atoms with Crippen LogP contribution in [0, 0.1) is 17.8 Å². The molecule has 2 aromatic carbocycles. The van der Waals surface area contributed by atoms with Gasteiger partial charge in [-0.15, -0.1) is 0 Å². The van der Waals surface area contributed by atoms with Crippen LogP contribution in [-0.2, 0) is 21.5 Å². The van der Waals surface area contributed by atoms with Gasteiger partial charge in [-0.3, -0.25) is 9.69 Å². The lowest BCUT2D eigenvalue weighted by Gasteiger charge is -2.57. The number of hydrogen-bond acceptors (Lipinski definition) is 4. The molecule has 0 spiro atoms. The quantitative estimate of drug-likeness (QED) is 0.469. The molecule has 5 heteroatoms. The Kier molecular flexibility index (Phi) is 5.85. The van der Waals surface area contributed by atoms with Gasteiger partial charge in [0.15, 0.2) is 0 Å². The first kappa shape index (κ1) is 22.4. The van der Waals surface area contributed by atoms with Gasteiger partial charge in [0.2, 0.25) is 0 Å². The first-order valence-corrected chi connectivity index (χ1v) is 13.4. The zero-order valence-electron chi connectivity index (χ0n) is 20.1. The lowest BCUT2D eigenvalue weighted by molar-refractivity contribution is -0.146. The Bertz CT molecular complexity index is 1030. The molecule has 7 rings (SSSR count). The Morgan fingerprint density at radius 1 is 1.06 bits per heavy atom. The summed E-state index contributed by atoms with van der Waals surface area (Å²) in [6, 6.07) is 15.1. The molecule has 0 amide bonds. The van der Waals surface area contributed by atoms with Crippen molar-refractivity contribution in [3.63, 3.8) is 0 Å². The van der Waals surface area contributed by atoms with Crippen molar-refractivity contribution in [1.29, 1.82) is 0 Å². The van der Waals surface area contributed by atoms with Gasteiger partial charge in [-0.2, -0.15) is 0 Å². The molecule has 1 unspecified atom stereocenters. The number of likely N-dealkylation sites (tertiary alicyclic amines) is 1. The number of anilines is 2. The highest BCUT2D eigenvalue weighted by atomic mass is 35.5. The summed E-state index contributed by atoms with van der Waals surface area (Å²) in [5, 5.41) is 4.33. The number of hydrogen-bond donors (Lipinski definition) is 1. The SMILES string of the molecule is COC(=O)C1CCCN1Cc1ccc(Nc2ccc(C34CC5CC(CC(C5)C3)C4)cc2Cl)cc1. The molecule has 4 saturated carbocycles. The minimum atomic E-state index is -0.123. The third-order valence-electron chi connectivity index (χ3n) is 9.08.